The van der Waals surface area contributed by atoms with Gasteiger partial charge in [-0.15, -0.1) is 0 Å². The van der Waals surface area contributed by atoms with Crippen LogP contribution in [0.2, 0.25) is 0 Å². The molecule has 1 amide bonds. The molecule has 156 valence electrons. The Labute approximate surface area is 177 Å². The second-order valence-electron chi connectivity index (χ2n) is 6.95. The molecule has 0 unspecified atom stereocenters. The van der Waals surface area contributed by atoms with Crippen LogP contribution in [0.3, 0.4) is 0 Å². The lowest BCUT2D eigenvalue weighted by Crippen LogP contribution is -2.24. The molecule has 0 fully saturated rings. The van der Waals surface area contributed by atoms with Gasteiger partial charge in [0.1, 0.15) is 5.75 Å². The van der Waals surface area contributed by atoms with Crippen LogP contribution in [-0.4, -0.2) is 21.4 Å². The third-order valence-corrected chi connectivity index (χ3v) is 6.05. The summed E-state index contributed by atoms with van der Waals surface area (Å²) in [5.74, 6) is 0.319. The number of sulfonamides is 1. The van der Waals surface area contributed by atoms with Gasteiger partial charge in [0.25, 0.3) is 15.9 Å². The number of ether oxygens (including phenoxy) is 1. The zero-order chi connectivity index (χ0) is 21.7. The van der Waals surface area contributed by atoms with Gasteiger partial charge in [0.05, 0.1) is 12.0 Å². The number of hydrogen-bond acceptors (Lipinski definition) is 4. The van der Waals surface area contributed by atoms with Crippen LogP contribution in [0.1, 0.15) is 27.0 Å². The molecule has 0 bridgehead atoms. The van der Waals surface area contributed by atoms with Gasteiger partial charge >= 0.3 is 0 Å². The summed E-state index contributed by atoms with van der Waals surface area (Å²) in [6.45, 7) is 3.91. The SMILES string of the molecule is COc1ccccc1CNC(=O)c1cc(S(=O)(=O)Nc2cccc(C)c2)ccc1C. The normalized spacial score (nSPS) is 11.0. The summed E-state index contributed by atoms with van der Waals surface area (Å²) < 4.78 is 33.5. The second kappa shape index (κ2) is 9.00. The Bertz CT molecular complexity index is 1170. The van der Waals surface area contributed by atoms with Crippen molar-refractivity contribution in [3.63, 3.8) is 0 Å². The molecule has 0 heterocycles. The largest absolute Gasteiger partial charge is 0.496 e. The Balaban J connectivity index is 1.81. The standard InChI is InChI=1S/C23H24N2O4S/c1-16-7-6-9-19(13-16)25-30(27,28)20-12-11-17(2)21(14-20)23(26)24-15-18-8-4-5-10-22(18)29-3/h4-14,25H,15H2,1-3H3,(H,24,26). The van der Waals surface area contributed by atoms with Crippen LogP contribution in [0.5, 0.6) is 5.75 Å². The molecule has 0 radical (unpaired) electrons. The highest BCUT2D eigenvalue weighted by molar-refractivity contribution is 7.92. The summed E-state index contributed by atoms with van der Waals surface area (Å²) in [7, 11) is -2.26. The van der Waals surface area contributed by atoms with Crippen molar-refractivity contribution >= 4 is 21.6 Å². The maximum atomic E-state index is 12.8. The molecular weight excluding hydrogens is 400 g/mol. The maximum absolute atomic E-state index is 12.8. The third-order valence-electron chi connectivity index (χ3n) is 4.67. The minimum atomic E-state index is -3.83. The fourth-order valence-corrected chi connectivity index (χ4v) is 4.13. The molecule has 7 heteroatoms. The molecule has 0 atom stereocenters. The van der Waals surface area contributed by atoms with Crippen molar-refractivity contribution in [2.45, 2.75) is 25.3 Å². The number of rotatable bonds is 7. The lowest BCUT2D eigenvalue weighted by Gasteiger charge is -2.13. The van der Waals surface area contributed by atoms with E-state index in [1.165, 1.54) is 12.1 Å². The topological polar surface area (TPSA) is 84.5 Å². The van der Waals surface area contributed by atoms with Crippen molar-refractivity contribution in [2.75, 3.05) is 11.8 Å². The molecular formula is C23H24N2O4S. The van der Waals surface area contributed by atoms with Crippen molar-refractivity contribution in [1.29, 1.82) is 0 Å². The highest BCUT2D eigenvalue weighted by Gasteiger charge is 2.18. The van der Waals surface area contributed by atoms with Gasteiger partial charge in [0.2, 0.25) is 0 Å². The maximum Gasteiger partial charge on any atom is 0.261 e. The van der Waals surface area contributed by atoms with E-state index in [1.54, 1.807) is 38.3 Å². The Morgan fingerprint density at radius 2 is 1.73 bits per heavy atom. The average molecular weight is 425 g/mol. The second-order valence-corrected chi connectivity index (χ2v) is 8.63. The van der Waals surface area contributed by atoms with Crippen LogP contribution in [0.15, 0.2) is 71.6 Å². The van der Waals surface area contributed by atoms with Crippen LogP contribution in [0.25, 0.3) is 0 Å². The van der Waals surface area contributed by atoms with Crippen LogP contribution >= 0.6 is 0 Å². The first-order chi connectivity index (χ1) is 14.3. The predicted molar refractivity (Wildman–Crippen MR) is 117 cm³/mol. The smallest absolute Gasteiger partial charge is 0.261 e. The van der Waals surface area contributed by atoms with E-state index in [0.717, 1.165) is 11.1 Å². The van der Waals surface area contributed by atoms with Gasteiger partial charge in [0, 0.05) is 23.4 Å². The zero-order valence-electron chi connectivity index (χ0n) is 17.1. The van der Waals surface area contributed by atoms with Gasteiger partial charge < -0.3 is 10.1 Å². The zero-order valence-corrected chi connectivity index (χ0v) is 17.9. The summed E-state index contributed by atoms with van der Waals surface area (Å²) in [6, 6.07) is 19.0. The van der Waals surface area contributed by atoms with E-state index in [2.05, 4.69) is 10.0 Å². The van der Waals surface area contributed by atoms with Crippen molar-refractivity contribution in [3.8, 4) is 5.75 Å². The quantitative estimate of drug-likeness (QED) is 0.599. The van der Waals surface area contributed by atoms with Crippen LogP contribution in [0, 0.1) is 13.8 Å². The van der Waals surface area contributed by atoms with Gasteiger partial charge in [-0.1, -0.05) is 36.4 Å². The molecule has 0 saturated carbocycles. The first-order valence-electron chi connectivity index (χ1n) is 9.40. The van der Waals surface area contributed by atoms with E-state index in [0.29, 0.717) is 22.6 Å². The summed E-state index contributed by atoms with van der Waals surface area (Å²) in [5.41, 5.74) is 3.23. The molecule has 0 aromatic heterocycles. The summed E-state index contributed by atoms with van der Waals surface area (Å²) in [5, 5.41) is 2.83. The molecule has 3 aromatic rings. The lowest BCUT2D eigenvalue weighted by atomic mass is 10.1. The van der Waals surface area contributed by atoms with E-state index in [4.69, 9.17) is 4.74 Å². The highest BCUT2D eigenvalue weighted by Crippen LogP contribution is 2.21. The minimum Gasteiger partial charge on any atom is -0.496 e. The first kappa shape index (κ1) is 21.4. The Morgan fingerprint density at radius 3 is 2.47 bits per heavy atom. The highest BCUT2D eigenvalue weighted by atomic mass is 32.2. The molecule has 0 aliphatic carbocycles. The summed E-state index contributed by atoms with van der Waals surface area (Å²) in [4.78, 5) is 12.8. The lowest BCUT2D eigenvalue weighted by molar-refractivity contribution is 0.0950. The van der Waals surface area contributed by atoms with E-state index in [9.17, 15) is 13.2 Å². The molecule has 30 heavy (non-hydrogen) atoms. The van der Waals surface area contributed by atoms with E-state index in [1.807, 2.05) is 37.3 Å². The third kappa shape index (κ3) is 4.99. The predicted octanol–water partition coefficient (Wildman–Crippen LogP) is 4.04. The van der Waals surface area contributed by atoms with Gasteiger partial charge in [-0.25, -0.2) is 8.42 Å². The number of amides is 1. The molecule has 2 N–H and O–H groups in total. The summed E-state index contributed by atoms with van der Waals surface area (Å²) >= 11 is 0. The summed E-state index contributed by atoms with van der Waals surface area (Å²) in [6.07, 6.45) is 0. The number of hydrogen-bond donors (Lipinski definition) is 2. The molecule has 0 saturated heterocycles. The molecule has 6 nitrogen and oxygen atoms in total. The number of aryl methyl sites for hydroxylation is 2. The van der Waals surface area contributed by atoms with Gasteiger partial charge in [-0.05, 0) is 55.3 Å². The van der Waals surface area contributed by atoms with Crippen LogP contribution in [-0.2, 0) is 16.6 Å². The number of carbonyl (C=O) groups is 1. The number of benzene rings is 3. The molecule has 0 aliphatic rings. The Morgan fingerprint density at radius 1 is 0.967 bits per heavy atom. The van der Waals surface area contributed by atoms with Gasteiger partial charge in [0.15, 0.2) is 0 Å². The van der Waals surface area contributed by atoms with Crippen LogP contribution < -0.4 is 14.8 Å². The Hall–Kier alpha value is -3.32. The van der Waals surface area contributed by atoms with Gasteiger partial charge in [-0.3, -0.25) is 9.52 Å². The molecule has 0 aliphatic heterocycles. The van der Waals surface area contributed by atoms with Gasteiger partial charge in [-0.2, -0.15) is 0 Å². The minimum absolute atomic E-state index is 0.0250. The fraction of sp³-hybridized carbons (Fsp3) is 0.174. The molecule has 0 spiro atoms. The number of anilines is 1. The van der Waals surface area contributed by atoms with Crippen LogP contribution in [0.4, 0.5) is 5.69 Å². The van der Waals surface area contributed by atoms with Crippen molar-refractivity contribution < 1.29 is 17.9 Å². The fourth-order valence-electron chi connectivity index (χ4n) is 3.06. The van der Waals surface area contributed by atoms with E-state index in [-0.39, 0.29) is 17.3 Å². The first-order valence-corrected chi connectivity index (χ1v) is 10.9. The number of methoxy groups -OCH3 is 1. The van der Waals surface area contributed by atoms with E-state index >= 15 is 0 Å². The number of carbonyl (C=O) groups excluding carboxylic acids is 1. The monoisotopic (exact) mass is 424 g/mol. The molecule has 3 aromatic carbocycles. The van der Waals surface area contributed by atoms with Crippen molar-refractivity contribution in [1.82, 2.24) is 5.32 Å². The number of para-hydroxylation sites is 1. The molecule has 3 rings (SSSR count). The average Bonchev–Trinajstić information content (AvgIpc) is 2.72. The Kier molecular flexibility index (Phi) is 6.42. The van der Waals surface area contributed by atoms with E-state index < -0.39 is 10.0 Å². The number of nitrogens with one attached hydrogen (secondary N) is 2. The van der Waals surface area contributed by atoms with Crippen molar-refractivity contribution in [2.24, 2.45) is 0 Å². The van der Waals surface area contributed by atoms with Crippen molar-refractivity contribution in [3.05, 3.63) is 89.0 Å².